The first-order chi connectivity index (χ1) is 8.66. The van der Waals surface area contributed by atoms with Crippen LogP contribution in [0.5, 0.6) is 5.75 Å². The Morgan fingerprint density at radius 3 is 3.00 bits per heavy atom. The number of ether oxygens (including phenoxy) is 1. The number of hydrogen-bond donors (Lipinski definition) is 1. The second-order valence-electron chi connectivity index (χ2n) is 4.12. The molecule has 1 aromatic carbocycles. The van der Waals surface area contributed by atoms with Gasteiger partial charge in [-0.2, -0.15) is 0 Å². The zero-order valence-corrected chi connectivity index (χ0v) is 12.5. The maximum Gasteiger partial charge on any atom is 0.128 e. The fourth-order valence-electron chi connectivity index (χ4n) is 2.14. The molecule has 1 aliphatic heterocycles. The topological polar surface area (TPSA) is 29.5 Å². The molecule has 0 aliphatic carbocycles. The van der Waals surface area contributed by atoms with Crippen molar-refractivity contribution < 1.29 is 9.84 Å². The predicted octanol–water partition coefficient (Wildman–Crippen LogP) is 4.18. The van der Waals surface area contributed by atoms with Gasteiger partial charge < -0.3 is 9.84 Å². The van der Waals surface area contributed by atoms with E-state index in [2.05, 4.69) is 15.9 Å². The van der Waals surface area contributed by atoms with E-state index in [1.165, 1.54) is 11.3 Å². The fraction of sp³-hybridized carbons (Fsp3) is 0.231. The Balaban J connectivity index is 2.10. The van der Waals surface area contributed by atoms with Crippen molar-refractivity contribution in [1.82, 2.24) is 0 Å². The standard InChI is InChI=1S/C13H10BrClO2S/c14-8-5-7-1-3-17-12(7)9(6-8)11(16)13-10(15)2-4-18-13/h2,4-6,11,16H,1,3H2. The SMILES string of the molecule is OC(c1cc(Br)cc2c1OCC2)c1sccc1Cl. The fourth-order valence-corrected chi connectivity index (χ4v) is 3.83. The Morgan fingerprint density at radius 1 is 1.44 bits per heavy atom. The van der Waals surface area contributed by atoms with Crippen molar-refractivity contribution >= 4 is 38.9 Å². The molecule has 18 heavy (non-hydrogen) atoms. The number of aliphatic hydroxyl groups excluding tert-OH is 1. The molecule has 0 fully saturated rings. The average Bonchev–Trinajstić information content (AvgIpc) is 2.95. The van der Waals surface area contributed by atoms with Gasteiger partial charge in [-0.3, -0.25) is 0 Å². The van der Waals surface area contributed by atoms with Gasteiger partial charge in [0.1, 0.15) is 11.9 Å². The van der Waals surface area contributed by atoms with Gasteiger partial charge in [0.05, 0.1) is 16.5 Å². The molecule has 0 spiro atoms. The van der Waals surface area contributed by atoms with Crippen LogP contribution in [0.1, 0.15) is 22.1 Å². The van der Waals surface area contributed by atoms with Crippen molar-refractivity contribution in [3.05, 3.63) is 49.1 Å². The molecule has 1 N–H and O–H groups in total. The van der Waals surface area contributed by atoms with E-state index < -0.39 is 6.10 Å². The van der Waals surface area contributed by atoms with Crippen LogP contribution >= 0.6 is 38.9 Å². The first kappa shape index (κ1) is 12.5. The molecule has 5 heteroatoms. The van der Waals surface area contributed by atoms with E-state index in [0.29, 0.717) is 11.6 Å². The van der Waals surface area contributed by atoms with E-state index in [0.717, 1.165) is 32.6 Å². The molecular formula is C13H10BrClO2S. The van der Waals surface area contributed by atoms with Crippen molar-refractivity contribution in [3.63, 3.8) is 0 Å². The highest BCUT2D eigenvalue weighted by Gasteiger charge is 2.25. The summed E-state index contributed by atoms with van der Waals surface area (Å²) in [4.78, 5) is 0.757. The van der Waals surface area contributed by atoms with E-state index in [1.807, 2.05) is 17.5 Å². The molecule has 1 aliphatic rings. The molecule has 2 aromatic rings. The van der Waals surface area contributed by atoms with Crippen molar-refractivity contribution in [2.45, 2.75) is 12.5 Å². The first-order valence-corrected chi connectivity index (χ1v) is 7.58. The second kappa shape index (κ2) is 4.85. The summed E-state index contributed by atoms with van der Waals surface area (Å²) < 4.78 is 6.58. The number of benzene rings is 1. The molecule has 0 bridgehead atoms. The number of thiophene rings is 1. The van der Waals surface area contributed by atoms with Crippen LogP contribution < -0.4 is 4.74 Å². The molecule has 1 unspecified atom stereocenters. The second-order valence-corrected chi connectivity index (χ2v) is 6.39. The number of halogens is 2. The highest BCUT2D eigenvalue weighted by Crippen LogP contribution is 2.41. The third kappa shape index (κ3) is 2.07. The summed E-state index contributed by atoms with van der Waals surface area (Å²) in [5.74, 6) is 0.801. The van der Waals surface area contributed by atoms with E-state index in [-0.39, 0.29) is 0 Å². The third-order valence-corrected chi connectivity index (χ3v) is 4.83. The van der Waals surface area contributed by atoms with Crippen molar-refractivity contribution in [3.8, 4) is 5.75 Å². The Kier molecular flexibility index (Phi) is 3.36. The number of aliphatic hydroxyl groups is 1. The van der Waals surface area contributed by atoms with Crippen molar-refractivity contribution in [2.75, 3.05) is 6.61 Å². The molecule has 0 radical (unpaired) electrons. The first-order valence-electron chi connectivity index (χ1n) is 5.53. The summed E-state index contributed by atoms with van der Waals surface area (Å²) in [6, 6.07) is 5.73. The lowest BCUT2D eigenvalue weighted by Crippen LogP contribution is -2.01. The molecule has 2 heterocycles. The summed E-state index contributed by atoms with van der Waals surface area (Å²) in [7, 11) is 0. The van der Waals surface area contributed by atoms with Crippen molar-refractivity contribution in [1.29, 1.82) is 0 Å². The largest absolute Gasteiger partial charge is 0.493 e. The molecule has 1 aromatic heterocycles. The lowest BCUT2D eigenvalue weighted by Gasteiger charge is -2.14. The summed E-state index contributed by atoms with van der Waals surface area (Å²) in [5, 5.41) is 12.9. The quantitative estimate of drug-likeness (QED) is 0.885. The van der Waals surface area contributed by atoms with Gasteiger partial charge in [-0.25, -0.2) is 0 Å². The predicted molar refractivity (Wildman–Crippen MR) is 76.7 cm³/mol. The summed E-state index contributed by atoms with van der Waals surface area (Å²) in [5.41, 5.74) is 1.91. The molecular weight excluding hydrogens is 336 g/mol. The van der Waals surface area contributed by atoms with Gasteiger partial charge in [0, 0.05) is 16.5 Å². The Hall–Kier alpha value is -0.550. The Bertz CT molecular complexity index is 597. The molecule has 0 saturated carbocycles. The molecule has 3 rings (SSSR count). The zero-order valence-electron chi connectivity index (χ0n) is 9.32. The van der Waals surface area contributed by atoms with Crippen LogP contribution in [-0.2, 0) is 6.42 Å². The van der Waals surface area contributed by atoms with Gasteiger partial charge in [0.25, 0.3) is 0 Å². The van der Waals surface area contributed by atoms with Crippen LogP contribution in [-0.4, -0.2) is 11.7 Å². The number of hydrogen-bond acceptors (Lipinski definition) is 3. The van der Waals surface area contributed by atoms with Gasteiger partial charge in [-0.05, 0) is 29.1 Å². The minimum Gasteiger partial charge on any atom is -0.493 e. The van der Waals surface area contributed by atoms with E-state index in [9.17, 15) is 5.11 Å². The minimum atomic E-state index is -0.734. The van der Waals surface area contributed by atoms with Crippen LogP contribution in [0.4, 0.5) is 0 Å². The molecule has 2 nitrogen and oxygen atoms in total. The smallest absolute Gasteiger partial charge is 0.128 e. The average molecular weight is 346 g/mol. The van der Waals surface area contributed by atoms with Crippen LogP contribution in [0.2, 0.25) is 5.02 Å². The van der Waals surface area contributed by atoms with Crippen molar-refractivity contribution in [2.24, 2.45) is 0 Å². The monoisotopic (exact) mass is 344 g/mol. The highest BCUT2D eigenvalue weighted by atomic mass is 79.9. The third-order valence-electron chi connectivity index (χ3n) is 2.96. The summed E-state index contributed by atoms with van der Waals surface area (Å²) in [6.07, 6.45) is 0.147. The molecule has 0 saturated heterocycles. The molecule has 0 amide bonds. The van der Waals surface area contributed by atoms with Crippen LogP contribution in [0.25, 0.3) is 0 Å². The molecule has 94 valence electrons. The lowest BCUT2D eigenvalue weighted by atomic mass is 10.0. The molecule has 1 atom stereocenters. The van der Waals surface area contributed by atoms with Crippen LogP contribution in [0.15, 0.2) is 28.1 Å². The van der Waals surface area contributed by atoms with E-state index >= 15 is 0 Å². The van der Waals surface area contributed by atoms with Gasteiger partial charge in [-0.1, -0.05) is 27.5 Å². The Labute approximate surface area is 122 Å². The van der Waals surface area contributed by atoms with Gasteiger partial charge in [-0.15, -0.1) is 11.3 Å². The highest BCUT2D eigenvalue weighted by molar-refractivity contribution is 9.10. The van der Waals surface area contributed by atoms with Gasteiger partial charge in [0.2, 0.25) is 0 Å². The lowest BCUT2D eigenvalue weighted by molar-refractivity contribution is 0.217. The van der Waals surface area contributed by atoms with Crippen LogP contribution in [0.3, 0.4) is 0 Å². The number of fused-ring (bicyclic) bond motifs is 1. The van der Waals surface area contributed by atoms with Gasteiger partial charge in [0.15, 0.2) is 0 Å². The van der Waals surface area contributed by atoms with Crippen LogP contribution in [0, 0.1) is 0 Å². The maximum atomic E-state index is 10.5. The summed E-state index contributed by atoms with van der Waals surface area (Å²) in [6.45, 7) is 0.670. The zero-order chi connectivity index (χ0) is 12.7. The van der Waals surface area contributed by atoms with E-state index in [4.69, 9.17) is 16.3 Å². The minimum absolute atomic E-state index is 0.597. The number of rotatable bonds is 2. The normalized spacial score (nSPS) is 15.3. The maximum absolute atomic E-state index is 10.5. The van der Waals surface area contributed by atoms with E-state index in [1.54, 1.807) is 6.07 Å². The summed E-state index contributed by atoms with van der Waals surface area (Å²) >= 11 is 11.0. The Morgan fingerprint density at radius 2 is 2.28 bits per heavy atom. The van der Waals surface area contributed by atoms with Gasteiger partial charge >= 0.3 is 0 Å².